The van der Waals surface area contributed by atoms with E-state index in [9.17, 15) is 9.90 Å². The number of nitrogens with zero attached hydrogens (tertiary/aromatic N) is 4. The van der Waals surface area contributed by atoms with Crippen LogP contribution in [0.5, 0.6) is 0 Å². The fraction of sp³-hybridized carbons (Fsp3) is 0.476. The van der Waals surface area contributed by atoms with Crippen molar-refractivity contribution in [1.29, 1.82) is 0 Å². The molecule has 28 heavy (non-hydrogen) atoms. The minimum absolute atomic E-state index is 0.107. The van der Waals surface area contributed by atoms with Gasteiger partial charge in [0.2, 0.25) is 0 Å². The third-order valence-corrected chi connectivity index (χ3v) is 5.85. The van der Waals surface area contributed by atoms with Gasteiger partial charge in [0.1, 0.15) is 18.0 Å². The van der Waals surface area contributed by atoms with Crippen LogP contribution in [0, 0.1) is 13.8 Å². The van der Waals surface area contributed by atoms with Gasteiger partial charge >= 0.3 is 5.63 Å². The van der Waals surface area contributed by atoms with E-state index in [0.29, 0.717) is 18.0 Å². The van der Waals surface area contributed by atoms with Crippen molar-refractivity contribution in [2.45, 2.75) is 45.8 Å². The third kappa shape index (κ3) is 3.47. The summed E-state index contributed by atoms with van der Waals surface area (Å²) >= 11 is 0. The molecule has 0 aliphatic carbocycles. The topological polar surface area (TPSA) is 84.4 Å². The Kier molecular flexibility index (Phi) is 5.03. The van der Waals surface area contributed by atoms with Crippen LogP contribution in [0.1, 0.15) is 47.1 Å². The summed E-state index contributed by atoms with van der Waals surface area (Å²) in [5.41, 5.74) is 3.66. The highest BCUT2D eigenvalue weighted by molar-refractivity contribution is 5.81. The molecule has 7 heteroatoms. The van der Waals surface area contributed by atoms with Crippen molar-refractivity contribution in [3.8, 4) is 0 Å². The summed E-state index contributed by atoms with van der Waals surface area (Å²) in [4.78, 5) is 14.4. The lowest BCUT2D eigenvalue weighted by molar-refractivity contribution is 0.195. The molecule has 148 valence electrons. The molecule has 1 fully saturated rings. The number of aliphatic hydroxyl groups excluding tert-OH is 1. The number of hydrogen-bond donors (Lipinski definition) is 1. The lowest BCUT2D eigenvalue weighted by Gasteiger charge is -2.32. The average molecular weight is 382 g/mol. The Labute approximate surface area is 163 Å². The zero-order valence-corrected chi connectivity index (χ0v) is 16.6. The van der Waals surface area contributed by atoms with E-state index < -0.39 is 0 Å². The van der Waals surface area contributed by atoms with Gasteiger partial charge in [-0.15, -0.1) is 10.2 Å². The van der Waals surface area contributed by atoms with Gasteiger partial charge in [-0.1, -0.05) is 0 Å². The number of likely N-dealkylation sites (tertiary alicyclic amines) is 1. The minimum atomic E-state index is -0.305. The molecule has 1 atom stereocenters. The molecule has 0 amide bonds. The van der Waals surface area contributed by atoms with E-state index in [0.717, 1.165) is 48.3 Å². The van der Waals surface area contributed by atoms with Crippen molar-refractivity contribution < 1.29 is 9.52 Å². The van der Waals surface area contributed by atoms with Gasteiger partial charge in [-0.3, -0.25) is 4.90 Å². The van der Waals surface area contributed by atoms with E-state index >= 15 is 0 Å². The lowest BCUT2D eigenvalue weighted by Crippen LogP contribution is -2.35. The van der Waals surface area contributed by atoms with Crippen LogP contribution in [0.2, 0.25) is 0 Å². The summed E-state index contributed by atoms with van der Waals surface area (Å²) in [6, 6.07) is 5.68. The Morgan fingerprint density at radius 2 is 2.00 bits per heavy atom. The van der Waals surface area contributed by atoms with Crippen LogP contribution >= 0.6 is 0 Å². The molecule has 1 aromatic carbocycles. The molecule has 2 aromatic heterocycles. The fourth-order valence-corrected chi connectivity index (χ4v) is 4.13. The SMILES string of the molecule is Cc1cc2oc(=O)cc(CN3CCCC(c4nnc(CO)n4C)C3)c2cc1C. The molecule has 7 nitrogen and oxygen atoms in total. The van der Waals surface area contributed by atoms with Gasteiger partial charge in [-0.2, -0.15) is 0 Å². The number of aliphatic hydroxyl groups is 1. The van der Waals surface area contributed by atoms with Gasteiger partial charge in [-0.05, 0) is 62.1 Å². The molecular formula is C21H26N4O3. The maximum atomic E-state index is 12.1. The number of fused-ring (bicyclic) bond motifs is 1. The highest BCUT2D eigenvalue weighted by Crippen LogP contribution is 2.28. The van der Waals surface area contributed by atoms with E-state index in [1.165, 1.54) is 5.56 Å². The number of rotatable bonds is 4. The quantitative estimate of drug-likeness (QED) is 0.698. The average Bonchev–Trinajstić information content (AvgIpc) is 3.04. The highest BCUT2D eigenvalue weighted by atomic mass is 16.4. The predicted octanol–water partition coefficient (Wildman–Crippen LogP) is 2.41. The normalized spacial score (nSPS) is 18.1. The lowest BCUT2D eigenvalue weighted by atomic mass is 9.96. The number of benzene rings is 1. The van der Waals surface area contributed by atoms with Crippen molar-refractivity contribution in [3.05, 3.63) is 57.0 Å². The van der Waals surface area contributed by atoms with Gasteiger partial charge in [-0.25, -0.2) is 4.79 Å². The third-order valence-electron chi connectivity index (χ3n) is 5.85. The summed E-state index contributed by atoms with van der Waals surface area (Å²) in [6.45, 7) is 6.53. The second kappa shape index (κ2) is 7.48. The first-order valence-electron chi connectivity index (χ1n) is 9.71. The zero-order valence-electron chi connectivity index (χ0n) is 16.6. The smallest absolute Gasteiger partial charge is 0.336 e. The molecule has 0 radical (unpaired) electrons. The van der Waals surface area contributed by atoms with Crippen LogP contribution < -0.4 is 5.63 Å². The van der Waals surface area contributed by atoms with E-state index in [1.54, 1.807) is 6.07 Å². The standard InChI is InChI=1S/C21H26N4O3/c1-13-7-17-16(9-20(27)28-18(17)8-14(13)2)11-25-6-4-5-15(10-25)21-23-22-19(12-26)24(21)3/h7-9,15,26H,4-6,10-12H2,1-3H3. The summed E-state index contributed by atoms with van der Waals surface area (Å²) in [5, 5.41) is 18.8. The predicted molar refractivity (Wildman–Crippen MR) is 106 cm³/mol. The number of hydrogen-bond acceptors (Lipinski definition) is 6. The molecule has 0 spiro atoms. The molecule has 3 heterocycles. The first kappa shape index (κ1) is 18.8. The molecule has 4 rings (SSSR count). The Morgan fingerprint density at radius 1 is 1.21 bits per heavy atom. The van der Waals surface area contributed by atoms with E-state index in [1.807, 2.05) is 24.6 Å². The van der Waals surface area contributed by atoms with E-state index in [-0.39, 0.29) is 18.2 Å². The Morgan fingerprint density at radius 3 is 2.75 bits per heavy atom. The largest absolute Gasteiger partial charge is 0.423 e. The van der Waals surface area contributed by atoms with Crippen molar-refractivity contribution in [2.24, 2.45) is 7.05 Å². The van der Waals surface area contributed by atoms with Crippen LogP contribution in [-0.2, 0) is 20.2 Å². The number of piperidine rings is 1. The molecule has 0 saturated carbocycles. The summed E-state index contributed by atoms with van der Waals surface area (Å²) < 4.78 is 7.32. The van der Waals surface area contributed by atoms with Gasteiger partial charge < -0.3 is 14.1 Å². The molecule has 3 aromatic rings. The van der Waals surface area contributed by atoms with Crippen molar-refractivity contribution >= 4 is 11.0 Å². The van der Waals surface area contributed by atoms with Gasteiger partial charge in [0.15, 0.2) is 5.82 Å². The van der Waals surface area contributed by atoms with Crippen LogP contribution in [0.25, 0.3) is 11.0 Å². The molecule has 0 bridgehead atoms. The maximum absolute atomic E-state index is 12.1. The minimum Gasteiger partial charge on any atom is -0.423 e. The Bertz CT molecular complexity index is 1070. The second-order valence-corrected chi connectivity index (χ2v) is 7.79. The zero-order chi connectivity index (χ0) is 19.8. The molecule has 1 aliphatic heterocycles. The van der Waals surface area contributed by atoms with Crippen molar-refractivity contribution in [2.75, 3.05) is 13.1 Å². The van der Waals surface area contributed by atoms with Crippen molar-refractivity contribution in [3.63, 3.8) is 0 Å². The van der Waals surface area contributed by atoms with Crippen molar-refractivity contribution in [1.82, 2.24) is 19.7 Å². The number of aromatic nitrogens is 3. The van der Waals surface area contributed by atoms with Gasteiger partial charge in [0.25, 0.3) is 0 Å². The summed E-state index contributed by atoms with van der Waals surface area (Å²) in [7, 11) is 1.90. The van der Waals surface area contributed by atoms with Crippen LogP contribution in [0.4, 0.5) is 0 Å². The van der Waals surface area contributed by atoms with E-state index in [4.69, 9.17) is 4.42 Å². The maximum Gasteiger partial charge on any atom is 0.336 e. The number of aryl methyl sites for hydroxylation is 2. The summed E-state index contributed by atoms with van der Waals surface area (Å²) in [5.74, 6) is 1.77. The van der Waals surface area contributed by atoms with E-state index in [2.05, 4.69) is 28.1 Å². The first-order valence-corrected chi connectivity index (χ1v) is 9.71. The van der Waals surface area contributed by atoms with Crippen LogP contribution in [0.15, 0.2) is 27.4 Å². The van der Waals surface area contributed by atoms with Crippen LogP contribution in [-0.4, -0.2) is 37.9 Å². The fourth-order valence-electron chi connectivity index (χ4n) is 4.13. The monoisotopic (exact) mass is 382 g/mol. The first-order chi connectivity index (χ1) is 13.5. The molecular weight excluding hydrogens is 356 g/mol. The van der Waals surface area contributed by atoms with Gasteiger partial charge in [0.05, 0.1) is 0 Å². The second-order valence-electron chi connectivity index (χ2n) is 7.79. The Hall–Kier alpha value is -2.51. The highest BCUT2D eigenvalue weighted by Gasteiger charge is 2.26. The molecule has 1 unspecified atom stereocenters. The van der Waals surface area contributed by atoms with Crippen LogP contribution in [0.3, 0.4) is 0 Å². The molecule has 1 saturated heterocycles. The summed E-state index contributed by atoms with van der Waals surface area (Å²) in [6.07, 6.45) is 2.10. The Balaban J connectivity index is 1.61. The molecule has 1 N–H and O–H groups in total. The molecule has 1 aliphatic rings. The van der Waals surface area contributed by atoms with Gasteiger partial charge in [0, 0.05) is 37.5 Å².